The van der Waals surface area contributed by atoms with Gasteiger partial charge in [-0.15, -0.1) is 0 Å². The Morgan fingerprint density at radius 3 is 2.40 bits per heavy atom. The van der Waals surface area contributed by atoms with Crippen molar-refractivity contribution in [1.29, 1.82) is 0 Å². The summed E-state index contributed by atoms with van der Waals surface area (Å²) in [5, 5.41) is 6.21. The Balaban J connectivity index is 1.78. The van der Waals surface area contributed by atoms with Gasteiger partial charge in [0.1, 0.15) is 5.82 Å². The van der Waals surface area contributed by atoms with Crippen molar-refractivity contribution in [2.45, 2.75) is 39.5 Å². The molecule has 1 amide bonds. The molecule has 0 fully saturated rings. The number of rotatable bonds is 3. The lowest BCUT2D eigenvalue weighted by Gasteiger charge is -2.39. The number of nitrogens with one attached hydrogen (secondary N) is 2. The molecule has 1 aliphatic carbocycles. The van der Waals surface area contributed by atoms with E-state index in [1.54, 1.807) is 0 Å². The monoisotopic (exact) mass is 404 g/mol. The molecule has 1 heterocycles. The number of Topliss-reactive ketones (excluding diaryl/α,β-unsaturated/α-hetero) is 1. The summed E-state index contributed by atoms with van der Waals surface area (Å²) in [6, 6.07) is 15.3. The van der Waals surface area contributed by atoms with E-state index in [1.165, 1.54) is 24.3 Å². The first kappa shape index (κ1) is 20.1. The molecule has 1 atom stereocenters. The van der Waals surface area contributed by atoms with Crippen molar-refractivity contribution in [2.75, 3.05) is 5.32 Å². The smallest absolute Gasteiger partial charge is 0.254 e. The molecule has 0 saturated carbocycles. The van der Waals surface area contributed by atoms with Gasteiger partial charge in [0.05, 0.1) is 0 Å². The molecular weight excluding hydrogens is 379 g/mol. The molecule has 0 radical (unpaired) electrons. The number of halogens is 1. The molecule has 0 saturated heterocycles. The summed E-state index contributed by atoms with van der Waals surface area (Å²) in [6.07, 6.45) is 1.20. The zero-order valence-electron chi connectivity index (χ0n) is 17.4. The molecule has 1 aliphatic heterocycles. The number of allylic oxidation sites excluding steroid dienone is 3. The van der Waals surface area contributed by atoms with Crippen LogP contribution in [0.2, 0.25) is 0 Å². The molecule has 0 aromatic heterocycles. The van der Waals surface area contributed by atoms with Gasteiger partial charge in [0, 0.05) is 40.6 Å². The minimum atomic E-state index is -0.438. The fraction of sp³-hybridized carbons (Fsp3) is 0.280. The third-order valence-corrected chi connectivity index (χ3v) is 5.72. The van der Waals surface area contributed by atoms with Gasteiger partial charge < -0.3 is 10.6 Å². The molecule has 154 valence electrons. The van der Waals surface area contributed by atoms with Crippen LogP contribution in [0.4, 0.5) is 10.1 Å². The lowest BCUT2D eigenvalue weighted by molar-refractivity contribution is -0.118. The first-order valence-electron chi connectivity index (χ1n) is 10.1. The van der Waals surface area contributed by atoms with E-state index in [2.05, 4.69) is 24.5 Å². The van der Waals surface area contributed by atoms with E-state index in [-0.39, 0.29) is 22.9 Å². The van der Waals surface area contributed by atoms with Crippen LogP contribution < -0.4 is 10.6 Å². The number of carbonyl (C=O) groups excluding carboxylic acids is 2. The number of ketones is 1. The molecule has 0 spiro atoms. The number of benzene rings is 2. The standard InChI is InChI=1S/C25H25FN2O2/c1-15-21(24(30)28-18-11-9-17(26)10-12-18)22(16-7-5-4-6-8-16)23-19(27-15)13-25(2,3)14-20(23)29/h4-12,22,27H,13-14H2,1-3H3,(H,28,30)/t22-/m0/s1. The first-order valence-corrected chi connectivity index (χ1v) is 10.1. The number of amides is 1. The van der Waals surface area contributed by atoms with Crippen molar-refractivity contribution in [3.63, 3.8) is 0 Å². The van der Waals surface area contributed by atoms with Gasteiger partial charge in [-0.1, -0.05) is 44.2 Å². The third kappa shape index (κ3) is 3.80. The average molecular weight is 404 g/mol. The Morgan fingerprint density at radius 1 is 1.07 bits per heavy atom. The highest BCUT2D eigenvalue weighted by molar-refractivity contribution is 6.09. The normalized spacial score (nSPS) is 20.5. The van der Waals surface area contributed by atoms with Crippen LogP contribution in [0.15, 0.2) is 77.1 Å². The molecule has 2 aliphatic rings. The number of anilines is 1. The predicted octanol–water partition coefficient (Wildman–Crippen LogP) is 5.07. The van der Waals surface area contributed by atoms with E-state index in [0.29, 0.717) is 23.3 Å². The highest BCUT2D eigenvalue weighted by Gasteiger charge is 2.42. The van der Waals surface area contributed by atoms with Crippen LogP contribution in [0.5, 0.6) is 0 Å². The molecule has 2 aromatic carbocycles. The van der Waals surface area contributed by atoms with Crippen molar-refractivity contribution in [3.05, 3.63) is 88.5 Å². The van der Waals surface area contributed by atoms with Gasteiger partial charge in [-0.2, -0.15) is 0 Å². The number of hydrogen-bond donors (Lipinski definition) is 2. The predicted molar refractivity (Wildman–Crippen MR) is 115 cm³/mol. The van der Waals surface area contributed by atoms with E-state index in [4.69, 9.17) is 0 Å². The Hall–Kier alpha value is -3.21. The fourth-order valence-corrected chi connectivity index (χ4v) is 4.45. The molecular formula is C25H25FN2O2. The summed E-state index contributed by atoms with van der Waals surface area (Å²) in [5.74, 6) is -1.03. The van der Waals surface area contributed by atoms with Gasteiger partial charge >= 0.3 is 0 Å². The van der Waals surface area contributed by atoms with Crippen LogP contribution in [-0.4, -0.2) is 11.7 Å². The molecule has 2 aromatic rings. The van der Waals surface area contributed by atoms with Gasteiger partial charge in [-0.25, -0.2) is 4.39 Å². The molecule has 0 bridgehead atoms. The second kappa shape index (κ2) is 7.56. The Labute approximate surface area is 175 Å². The average Bonchev–Trinajstić information content (AvgIpc) is 2.68. The summed E-state index contributed by atoms with van der Waals surface area (Å²) in [6.45, 7) is 6.04. The summed E-state index contributed by atoms with van der Waals surface area (Å²) in [5.41, 5.74) is 4.10. The maximum atomic E-state index is 13.3. The molecule has 5 heteroatoms. The Morgan fingerprint density at radius 2 is 1.73 bits per heavy atom. The highest BCUT2D eigenvalue weighted by Crippen LogP contribution is 2.46. The van der Waals surface area contributed by atoms with Crippen molar-refractivity contribution < 1.29 is 14.0 Å². The maximum absolute atomic E-state index is 13.3. The number of dihydropyridines is 1. The van der Waals surface area contributed by atoms with Crippen molar-refractivity contribution in [1.82, 2.24) is 5.32 Å². The number of hydrogen-bond acceptors (Lipinski definition) is 3. The molecule has 4 rings (SSSR count). The van der Waals surface area contributed by atoms with Crippen molar-refractivity contribution >= 4 is 17.4 Å². The first-order chi connectivity index (χ1) is 14.2. The largest absolute Gasteiger partial charge is 0.362 e. The third-order valence-electron chi connectivity index (χ3n) is 5.72. The van der Waals surface area contributed by atoms with Crippen molar-refractivity contribution in [3.8, 4) is 0 Å². The van der Waals surface area contributed by atoms with Crippen LogP contribution >= 0.6 is 0 Å². The van der Waals surface area contributed by atoms with E-state index in [1.807, 2.05) is 37.3 Å². The molecule has 30 heavy (non-hydrogen) atoms. The summed E-state index contributed by atoms with van der Waals surface area (Å²) < 4.78 is 13.2. The zero-order valence-corrected chi connectivity index (χ0v) is 17.4. The van der Waals surface area contributed by atoms with Gasteiger partial charge in [0.2, 0.25) is 0 Å². The van der Waals surface area contributed by atoms with Crippen molar-refractivity contribution in [2.24, 2.45) is 5.41 Å². The minimum Gasteiger partial charge on any atom is -0.362 e. The zero-order chi connectivity index (χ0) is 21.5. The quantitative estimate of drug-likeness (QED) is 0.751. The van der Waals surface area contributed by atoms with Gasteiger partial charge in [0.25, 0.3) is 5.91 Å². The highest BCUT2D eigenvalue weighted by atomic mass is 19.1. The Bertz CT molecular complexity index is 1070. The molecule has 4 nitrogen and oxygen atoms in total. The van der Waals surface area contributed by atoms with Crippen LogP contribution in [0.3, 0.4) is 0 Å². The summed E-state index contributed by atoms with van der Waals surface area (Å²) in [7, 11) is 0. The van der Waals surface area contributed by atoms with Gasteiger partial charge in [-0.05, 0) is 48.6 Å². The minimum absolute atomic E-state index is 0.0715. The van der Waals surface area contributed by atoms with Crippen LogP contribution in [-0.2, 0) is 9.59 Å². The van der Waals surface area contributed by atoms with E-state index >= 15 is 0 Å². The molecule has 0 unspecified atom stereocenters. The summed E-state index contributed by atoms with van der Waals surface area (Å²) >= 11 is 0. The van der Waals surface area contributed by atoms with Crippen LogP contribution in [0.25, 0.3) is 0 Å². The second-order valence-corrected chi connectivity index (χ2v) is 8.80. The lowest BCUT2D eigenvalue weighted by atomic mass is 9.68. The SMILES string of the molecule is CC1=C(C(=O)Nc2ccc(F)cc2)[C@H](c2ccccc2)C2=C(CC(C)(C)CC2=O)N1. The van der Waals surface area contributed by atoms with Gasteiger partial charge in [-0.3, -0.25) is 9.59 Å². The van der Waals surface area contributed by atoms with E-state index in [0.717, 1.165) is 23.4 Å². The number of carbonyl (C=O) groups is 2. The van der Waals surface area contributed by atoms with Crippen LogP contribution in [0, 0.1) is 11.2 Å². The van der Waals surface area contributed by atoms with E-state index in [9.17, 15) is 14.0 Å². The fourth-order valence-electron chi connectivity index (χ4n) is 4.45. The second-order valence-electron chi connectivity index (χ2n) is 8.80. The summed E-state index contributed by atoms with van der Waals surface area (Å²) in [4.78, 5) is 26.5. The topological polar surface area (TPSA) is 58.2 Å². The van der Waals surface area contributed by atoms with Gasteiger partial charge in [0.15, 0.2) is 5.78 Å². The van der Waals surface area contributed by atoms with E-state index < -0.39 is 5.92 Å². The maximum Gasteiger partial charge on any atom is 0.254 e. The molecule has 2 N–H and O–H groups in total. The lowest BCUT2D eigenvalue weighted by Crippen LogP contribution is -2.39. The Kier molecular flexibility index (Phi) is 5.06. The van der Waals surface area contributed by atoms with Crippen LogP contribution in [0.1, 0.15) is 45.1 Å².